The fourth-order valence-corrected chi connectivity index (χ4v) is 2.74. The maximum Gasteiger partial charge on any atom is 0.126 e. The monoisotopic (exact) mass is 504 g/mol. The first-order valence-corrected chi connectivity index (χ1v) is 12.7. The first kappa shape index (κ1) is 31.6. The molecule has 37 heavy (non-hydrogen) atoms. The van der Waals surface area contributed by atoms with Gasteiger partial charge in [-0.05, 0) is 87.1 Å². The minimum Gasteiger partial charge on any atom is -0.496 e. The number of halogens is 2. The van der Waals surface area contributed by atoms with E-state index in [1.807, 2.05) is 69.3 Å². The first-order chi connectivity index (χ1) is 17.6. The van der Waals surface area contributed by atoms with Gasteiger partial charge in [-0.25, -0.2) is 8.78 Å². The van der Waals surface area contributed by atoms with Crippen LogP contribution in [-0.4, -0.2) is 7.11 Å². The summed E-state index contributed by atoms with van der Waals surface area (Å²) in [6.45, 7) is 12.0. The van der Waals surface area contributed by atoms with Crippen molar-refractivity contribution >= 4 is 0 Å². The van der Waals surface area contributed by atoms with Crippen LogP contribution in [0.5, 0.6) is 5.75 Å². The molecule has 0 aliphatic heterocycles. The van der Waals surface area contributed by atoms with E-state index in [1.165, 1.54) is 42.2 Å². The Morgan fingerprint density at radius 3 is 1.43 bits per heavy atom. The van der Waals surface area contributed by atoms with Gasteiger partial charge in [0.25, 0.3) is 0 Å². The summed E-state index contributed by atoms with van der Waals surface area (Å²) in [7, 11) is 1.68. The molecule has 1 fully saturated rings. The smallest absolute Gasteiger partial charge is 0.126 e. The van der Waals surface area contributed by atoms with Crippen molar-refractivity contribution in [2.24, 2.45) is 5.92 Å². The Labute approximate surface area is 223 Å². The molecule has 0 spiro atoms. The SMILES string of the molecule is CC1CC1.COc1ccccc1C.Cc1ccc(F)cc1C.Cc1ccccc1.Cc1ccccc1F. The molecular formula is C34H42F2O. The van der Waals surface area contributed by atoms with E-state index in [-0.39, 0.29) is 11.6 Å². The van der Waals surface area contributed by atoms with E-state index in [1.54, 1.807) is 32.2 Å². The van der Waals surface area contributed by atoms with Gasteiger partial charge in [0.05, 0.1) is 7.11 Å². The van der Waals surface area contributed by atoms with Crippen LogP contribution in [0.2, 0.25) is 0 Å². The number of aryl methyl sites for hydroxylation is 5. The van der Waals surface area contributed by atoms with Crippen molar-refractivity contribution in [3.05, 3.63) is 137 Å². The Hall–Kier alpha value is -3.46. The predicted octanol–water partition coefficient (Wildman–Crippen LogP) is 9.99. The third-order valence-corrected chi connectivity index (χ3v) is 5.67. The van der Waals surface area contributed by atoms with Crippen LogP contribution < -0.4 is 4.74 Å². The maximum atomic E-state index is 12.3. The summed E-state index contributed by atoms with van der Waals surface area (Å²) in [5, 5.41) is 0. The van der Waals surface area contributed by atoms with Gasteiger partial charge in [0.2, 0.25) is 0 Å². The Kier molecular flexibility index (Phi) is 15.3. The minimum absolute atomic E-state index is 0.132. The number of methoxy groups -OCH3 is 1. The summed E-state index contributed by atoms with van der Waals surface area (Å²) < 4.78 is 29.7. The normalized spacial score (nSPS) is 11.1. The topological polar surface area (TPSA) is 9.23 Å². The van der Waals surface area contributed by atoms with Gasteiger partial charge >= 0.3 is 0 Å². The highest BCUT2D eigenvalue weighted by atomic mass is 19.1. The van der Waals surface area contributed by atoms with Gasteiger partial charge < -0.3 is 4.74 Å². The molecule has 5 rings (SSSR count). The molecular weight excluding hydrogens is 462 g/mol. The fraction of sp³-hybridized carbons (Fsp3) is 0.294. The average Bonchev–Trinajstić information content (AvgIpc) is 3.68. The number of para-hydroxylation sites is 1. The van der Waals surface area contributed by atoms with E-state index in [9.17, 15) is 8.78 Å². The highest BCUT2D eigenvalue weighted by Crippen LogP contribution is 2.26. The van der Waals surface area contributed by atoms with E-state index >= 15 is 0 Å². The van der Waals surface area contributed by atoms with Gasteiger partial charge in [0.1, 0.15) is 17.4 Å². The van der Waals surface area contributed by atoms with Crippen molar-refractivity contribution in [3.8, 4) is 5.75 Å². The molecule has 198 valence electrons. The van der Waals surface area contributed by atoms with Crippen molar-refractivity contribution in [3.63, 3.8) is 0 Å². The van der Waals surface area contributed by atoms with Crippen molar-refractivity contribution < 1.29 is 13.5 Å². The number of hydrogen-bond acceptors (Lipinski definition) is 1. The van der Waals surface area contributed by atoms with Crippen molar-refractivity contribution in [2.75, 3.05) is 7.11 Å². The molecule has 0 unspecified atom stereocenters. The van der Waals surface area contributed by atoms with Gasteiger partial charge in [0, 0.05) is 0 Å². The van der Waals surface area contributed by atoms with Gasteiger partial charge in [-0.3, -0.25) is 0 Å². The van der Waals surface area contributed by atoms with Gasteiger partial charge in [-0.2, -0.15) is 0 Å². The van der Waals surface area contributed by atoms with Crippen molar-refractivity contribution in [1.82, 2.24) is 0 Å². The number of benzene rings is 4. The molecule has 1 saturated carbocycles. The standard InChI is InChI=1S/C8H9F.C8H10O.C7H7F.C7H8.C4H8/c1-6-3-4-8(9)5-7(6)2;1-7-5-3-4-6-8(7)9-2;1-6-4-2-3-5-7(6)8;1-7-5-3-2-4-6-7;1-4-2-3-4/h3-5H,1-2H3;3-6H,1-2H3;2-5H,1H3;2-6H,1H3;4H,2-3H2,1H3. The quantitative estimate of drug-likeness (QED) is 0.251. The van der Waals surface area contributed by atoms with Crippen LogP contribution in [0.3, 0.4) is 0 Å². The second-order valence-electron chi connectivity index (χ2n) is 9.28. The van der Waals surface area contributed by atoms with Crippen molar-refractivity contribution in [2.45, 2.75) is 54.4 Å². The van der Waals surface area contributed by atoms with Crippen LogP contribution in [-0.2, 0) is 0 Å². The van der Waals surface area contributed by atoms with E-state index in [0.29, 0.717) is 5.56 Å². The molecule has 0 bridgehead atoms. The zero-order valence-corrected chi connectivity index (χ0v) is 23.4. The Bertz CT molecular complexity index is 1130. The highest BCUT2D eigenvalue weighted by molar-refractivity contribution is 5.31. The van der Waals surface area contributed by atoms with Gasteiger partial charge in [0.15, 0.2) is 0 Å². The molecule has 0 aromatic heterocycles. The molecule has 4 aromatic rings. The highest BCUT2D eigenvalue weighted by Gasteiger charge is 2.12. The van der Waals surface area contributed by atoms with Crippen LogP contribution in [0, 0.1) is 52.2 Å². The van der Waals surface area contributed by atoms with Crippen LogP contribution in [0.25, 0.3) is 0 Å². The van der Waals surface area contributed by atoms with Crippen LogP contribution in [0.1, 0.15) is 47.6 Å². The molecule has 0 saturated heterocycles. The summed E-state index contributed by atoms with van der Waals surface area (Å²) in [6, 6.07) is 29.7. The summed E-state index contributed by atoms with van der Waals surface area (Å²) >= 11 is 0. The Morgan fingerprint density at radius 1 is 0.595 bits per heavy atom. The van der Waals surface area contributed by atoms with Gasteiger partial charge in [-0.15, -0.1) is 0 Å². The lowest BCUT2D eigenvalue weighted by molar-refractivity contribution is 0.411. The molecule has 0 N–H and O–H groups in total. The summed E-state index contributed by atoms with van der Waals surface area (Å²) in [5.74, 6) is 1.75. The zero-order valence-electron chi connectivity index (χ0n) is 23.4. The Morgan fingerprint density at radius 2 is 1.11 bits per heavy atom. The first-order valence-electron chi connectivity index (χ1n) is 12.7. The third-order valence-electron chi connectivity index (χ3n) is 5.67. The number of ether oxygens (including phenoxy) is 1. The predicted molar refractivity (Wildman–Crippen MR) is 154 cm³/mol. The summed E-state index contributed by atoms with van der Waals surface area (Å²) in [6.07, 6.45) is 2.97. The molecule has 0 atom stereocenters. The number of hydrogen-bond donors (Lipinski definition) is 0. The largest absolute Gasteiger partial charge is 0.496 e. The van der Waals surface area contributed by atoms with Crippen LogP contribution in [0.15, 0.2) is 97.1 Å². The second-order valence-corrected chi connectivity index (χ2v) is 9.28. The number of rotatable bonds is 1. The lowest BCUT2D eigenvalue weighted by atomic mass is 10.1. The molecule has 1 aliphatic rings. The average molecular weight is 505 g/mol. The Balaban J connectivity index is 0.000000236. The molecule has 0 amide bonds. The molecule has 3 heteroatoms. The van der Waals surface area contributed by atoms with Crippen molar-refractivity contribution in [1.29, 1.82) is 0 Å². The molecule has 1 nitrogen and oxygen atoms in total. The third kappa shape index (κ3) is 15.3. The molecule has 0 heterocycles. The molecule has 1 aliphatic carbocycles. The minimum atomic E-state index is -0.155. The summed E-state index contributed by atoms with van der Waals surface area (Å²) in [4.78, 5) is 0. The van der Waals surface area contributed by atoms with E-state index < -0.39 is 0 Å². The lowest BCUT2D eigenvalue weighted by Gasteiger charge is -2.00. The van der Waals surface area contributed by atoms with E-state index in [4.69, 9.17) is 4.74 Å². The molecule has 4 aromatic carbocycles. The zero-order chi connectivity index (χ0) is 27.6. The van der Waals surface area contributed by atoms with Crippen LogP contribution in [0.4, 0.5) is 8.78 Å². The van der Waals surface area contributed by atoms with E-state index in [2.05, 4.69) is 26.0 Å². The fourth-order valence-electron chi connectivity index (χ4n) is 2.74. The van der Waals surface area contributed by atoms with Crippen LogP contribution >= 0.6 is 0 Å². The van der Waals surface area contributed by atoms with E-state index in [0.717, 1.165) is 22.8 Å². The lowest BCUT2D eigenvalue weighted by Crippen LogP contribution is -1.84. The molecule has 0 radical (unpaired) electrons. The summed E-state index contributed by atoms with van der Waals surface area (Å²) in [5.41, 5.74) is 5.35. The van der Waals surface area contributed by atoms with Gasteiger partial charge in [-0.1, -0.05) is 98.1 Å². The maximum absolute atomic E-state index is 12.3. The second kappa shape index (κ2) is 17.9.